The van der Waals surface area contributed by atoms with E-state index in [1.54, 1.807) is 6.07 Å². The molecule has 0 radical (unpaired) electrons. The Kier molecular flexibility index (Phi) is 6.41. The van der Waals surface area contributed by atoms with E-state index in [-0.39, 0.29) is 5.91 Å². The molecule has 1 amide bonds. The van der Waals surface area contributed by atoms with Gasteiger partial charge in [0.1, 0.15) is 0 Å². The topological polar surface area (TPSA) is 69.6 Å². The van der Waals surface area contributed by atoms with Crippen molar-refractivity contribution in [3.05, 3.63) is 27.5 Å². The lowest BCUT2D eigenvalue weighted by atomic mass is 10.2. The number of nitrogens with zero attached hydrogens (tertiary/aromatic N) is 1. The summed E-state index contributed by atoms with van der Waals surface area (Å²) in [6, 6.07) is 1.78. The van der Waals surface area contributed by atoms with Gasteiger partial charge in [0.15, 0.2) is 0 Å². The largest absolute Gasteiger partial charge is 0.478 e. The molecule has 20 heavy (non-hydrogen) atoms. The third-order valence-electron chi connectivity index (χ3n) is 2.88. The van der Waals surface area contributed by atoms with Gasteiger partial charge in [-0.1, -0.05) is 6.92 Å². The Morgan fingerprint density at radius 3 is 2.80 bits per heavy atom. The van der Waals surface area contributed by atoms with Gasteiger partial charge < -0.3 is 15.3 Å². The second-order valence-electron chi connectivity index (χ2n) is 4.48. The number of hydrogen-bond donors (Lipinski definition) is 2. The molecule has 0 unspecified atom stereocenters. The van der Waals surface area contributed by atoms with E-state index in [0.717, 1.165) is 29.6 Å². The quantitative estimate of drug-likeness (QED) is 0.753. The van der Waals surface area contributed by atoms with Gasteiger partial charge in [0.2, 0.25) is 0 Å². The van der Waals surface area contributed by atoms with E-state index in [0.29, 0.717) is 11.4 Å². The fourth-order valence-corrected chi connectivity index (χ4v) is 2.52. The number of amides is 1. The van der Waals surface area contributed by atoms with Crippen molar-refractivity contribution in [3.8, 4) is 0 Å². The average Bonchev–Trinajstić information content (AvgIpc) is 2.77. The Hall–Kier alpha value is -1.66. The van der Waals surface area contributed by atoms with Crippen LogP contribution in [0.4, 0.5) is 0 Å². The van der Waals surface area contributed by atoms with Crippen molar-refractivity contribution in [2.24, 2.45) is 0 Å². The fourth-order valence-electron chi connectivity index (χ4n) is 1.53. The Morgan fingerprint density at radius 1 is 1.50 bits per heavy atom. The monoisotopic (exact) mass is 296 g/mol. The van der Waals surface area contributed by atoms with Gasteiger partial charge >= 0.3 is 5.97 Å². The fraction of sp³-hybridized carbons (Fsp3) is 0.429. The Balaban J connectivity index is 2.61. The zero-order valence-corrected chi connectivity index (χ0v) is 12.8. The molecule has 0 bridgehead atoms. The zero-order chi connectivity index (χ0) is 15.1. The van der Waals surface area contributed by atoms with E-state index >= 15 is 0 Å². The lowest BCUT2D eigenvalue weighted by Crippen LogP contribution is -2.32. The number of carboxylic acid groups (broad SMARTS) is 1. The molecule has 0 spiro atoms. The summed E-state index contributed by atoms with van der Waals surface area (Å²) in [7, 11) is 2.00. The van der Waals surface area contributed by atoms with E-state index in [2.05, 4.69) is 17.1 Å². The lowest BCUT2D eigenvalue weighted by molar-refractivity contribution is -0.131. The number of hydrogen-bond acceptors (Lipinski definition) is 4. The summed E-state index contributed by atoms with van der Waals surface area (Å²) in [4.78, 5) is 26.0. The summed E-state index contributed by atoms with van der Waals surface area (Å²) >= 11 is 1.30. The van der Waals surface area contributed by atoms with Crippen LogP contribution >= 0.6 is 11.3 Å². The summed E-state index contributed by atoms with van der Waals surface area (Å²) < 4.78 is 0. The molecule has 0 aromatic carbocycles. The number of thiophene rings is 1. The molecule has 1 aromatic rings. The second kappa shape index (κ2) is 7.81. The van der Waals surface area contributed by atoms with Crippen LogP contribution in [-0.4, -0.2) is 48.6 Å². The summed E-state index contributed by atoms with van der Waals surface area (Å²) in [5, 5.41) is 11.5. The van der Waals surface area contributed by atoms with Gasteiger partial charge in [-0.15, -0.1) is 11.3 Å². The van der Waals surface area contributed by atoms with Crippen molar-refractivity contribution >= 4 is 29.3 Å². The van der Waals surface area contributed by atoms with Gasteiger partial charge in [-0.3, -0.25) is 4.79 Å². The molecule has 0 saturated carbocycles. The average molecular weight is 296 g/mol. The number of carboxylic acids is 1. The van der Waals surface area contributed by atoms with Crippen LogP contribution in [0.3, 0.4) is 0 Å². The van der Waals surface area contributed by atoms with E-state index in [9.17, 15) is 9.59 Å². The first kappa shape index (κ1) is 16.4. The minimum atomic E-state index is -0.994. The van der Waals surface area contributed by atoms with E-state index in [4.69, 9.17) is 5.11 Å². The van der Waals surface area contributed by atoms with Crippen LogP contribution in [-0.2, 0) is 4.79 Å². The SMILES string of the molecule is CCN(C)CCNC(=O)c1cc(C)c(/C=C/C(=O)O)s1. The minimum absolute atomic E-state index is 0.113. The zero-order valence-electron chi connectivity index (χ0n) is 12.0. The molecule has 0 fully saturated rings. The summed E-state index contributed by atoms with van der Waals surface area (Å²) in [5.74, 6) is -1.11. The van der Waals surface area contributed by atoms with Gasteiger partial charge in [-0.2, -0.15) is 0 Å². The molecule has 0 aliphatic heterocycles. The molecule has 2 N–H and O–H groups in total. The Labute approximate surface area is 122 Å². The third-order valence-corrected chi connectivity index (χ3v) is 4.08. The molecule has 0 atom stereocenters. The maximum absolute atomic E-state index is 12.0. The molecule has 6 heteroatoms. The van der Waals surface area contributed by atoms with Crippen LogP contribution in [0.5, 0.6) is 0 Å². The van der Waals surface area contributed by atoms with Crippen molar-refractivity contribution in [1.29, 1.82) is 0 Å². The van der Waals surface area contributed by atoms with Crippen LogP contribution < -0.4 is 5.32 Å². The number of carbonyl (C=O) groups is 2. The highest BCUT2D eigenvalue weighted by molar-refractivity contribution is 7.15. The molecule has 1 rings (SSSR count). The lowest BCUT2D eigenvalue weighted by Gasteiger charge is -2.13. The molecule has 5 nitrogen and oxygen atoms in total. The molecular formula is C14H20N2O3S. The maximum Gasteiger partial charge on any atom is 0.328 e. The highest BCUT2D eigenvalue weighted by Crippen LogP contribution is 2.23. The number of rotatable bonds is 7. The molecule has 0 aliphatic carbocycles. The maximum atomic E-state index is 12.0. The van der Waals surface area contributed by atoms with E-state index in [1.807, 2.05) is 14.0 Å². The van der Waals surface area contributed by atoms with Gasteiger partial charge in [-0.25, -0.2) is 4.79 Å². The Bertz CT molecular complexity index is 509. The highest BCUT2D eigenvalue weighted by Gasteiger charge is 2.11. The van der Waals surface area contributed by atoms with Gasteiger partial charge in [0, 0.05) is 24.0 Å². The second-order valence-corrected chi connectivity index (χ2v) is 5.57. The molecule has 1 aromatic heterocycles. The minimum Gasteiger partial charge on any atom is -0.478 e. The van der Waals surface area contributed by atoms with Crippen LogP contribution in [0.15, 0.2) is 12.1 Å². The first-order valence-corrected chi connectivity index (χ1v) is 7.23. The van der Waals surface area contributed by atoms with Crippen molar-refractivity contribution in [3.63, 3.8) is 0 Å². The molecule has 110 valence electrons. The number of aliphatic carboxylic acids is 1. The van der Waals surface area contributed by atoms with Gasteiger partial charge in [0.25, 0.3) is 5.91 Å². The first-order chi connectivity index (χ1) is 9.43. The van der Waals surface area contributed by atoms with Crippen molar-refractivity contribution in [2.75, 3.05) is 26.7 Å². The normalized spacial score (nSPS) is 11.2. The van der Waals surface area contributed by atoms with Crippen molar-refractivity contribution in [2.45, 2.75) is 13.8 Å². The predicted molar refractivity (Wildman–Crippen MR) is 81.2 cm³/mol. The molecule has 0 aliphatic rings. The van der Waals surface area contributed by atoms with Crippen LogP contribution in [0.2, 0.25) is 0 Å². The van der Waals surface area contributed by atoms with Crippen LogP contribution in [0.25, 0.3) is 6.08 Å². The summed E-state index contributed by atoms with van der Waals surface area (Å²) in [6.07, 6.45) is 2.60. The predicted octanol–water partition coefficient (Wildman–Crippen LogP) is 1.84. The third kappa shape index (κ3) is 5.14. The van der Waals surface area contributed by atoms with Gasteiger partial charge in [-0.05, 0) is 38.2 Å². The highest BCUT2D eigenvalue weighted by atomic mass is 32.1. The number of likely N-dealkylation sites (N-methyl/N-ethyl adjacent to an activating group) is 1. The first-order valence-electron chi connectivity index (χ1n) is 6.42. The van der Waals surface area contributed by atoms with Crippen molar-refractivity contribution < 1.29 is 14.7 Å². The summed E-state index contributed by atoms with van der Waals surface area (Å²) in [5.41, 5.74) is 0.906. The number of carbonyl (C=O) groups excluding carboxylic acids is 1. The standard InChI is InChI=1S/C14H20N2O3S/c1-4-16(3)8-7-15-14(19)12-9-10(2)11(20-12)5-6-13(17)18/h5-6,9H,4,7-8H2,1-3H3,(H,15,19)(H,17,18)/b6-5+. The number of nitrogens with one attached hydrogen (secondary N) is 1. The van der Waals surface area contributed by atoms with E-state index < -0.39 is 5.97 Å². The number of aryl methyl sites for hydroxylation is 1. The molecular weight excluding hydrogens is 276 g/mol. The molecule has 0 saturated heterocycles. The summed E-state index contributed by atoms with van der Waals surface area (Å²) in [6.45, 7) is 6.27. The molecule has 1 heterocycles. The van der Waals surface area contributed by atoms with Crippen molar-refractivity contribution in [1.82, 2.24) is 10.2 Å². The van der Waals surface area contributed by atoms with Crippen LogP contribution in [0, 0.1) is 6.92 Å². The van der Waals surface area contributed by atoms with E-state index in [1.165, 1.54) is 17.4 Å². The smallest absolute Gasteiger partial charge is 0.328 e. The van der Waals surface area contributed by atoms with Gasteiger partial charge in [0.05, 0.1) is 4.88 Å². The Morgan fingerprint density at radius 2 is 2.20 bits per heavy atom. The van der Waals surface area contributed by atoms with Crippen LogP contribution in [0.1, 0.15) is 27.0 Å².